The lowest BCUT2D eigenvalue weighted by Crippen LogP contribution is -2.39. The predicted molar refractivity (Wildman–Crippen MR) is 87.1 cm³/mol. The van der Waals surface area contributed by atoms with Gasteiger partial charge in [0, 0.05) is 31.0 Å². The molecule has 2 amide bonds. The average Bonchev–Trinajstić information content (AvgIpc) is 2.49. The maximum atomic E-state index is 12.1. The van der Waals surface area contributed by atoms with Gasteiger partial charge in [0.1, 0.15) is 0 Å². The van der Waals surface area contributed by atoms with Crippen LogP contribution < -0.4 is 15.5 Å². The number of carbonyl (C=O) groups is 1. The fourth-order valence-corrected chi connectivity index (χ4v) is 3.43. The minimum absolute atomic E-state index is 0.0692. The van der Waals surface area contributed by atoms with E-state index in [1.165, 1.54) is 36.9 Å². The Hall–Kier alpha value is -1.71. The van der Waals surface area contributed by atoms with E-state index in [4.69, 9.17) is 0 Å². The summed E-state index contributed by atoms with van der Waals surface area (Å²) >= 11 is 0. The number of nitrogens with one attached hydrogen (secondary N) is 2. The first-order valence-corrected chi connectivity index (χ1v) is 8.14. The first-order chi connectivity index (χ1) is 10.2. The van der Waals surface area contributed by atoms with Crippen LogP contribution in [0.2, 0.25) is 0 Å². The number of anilines is 2. The van der Waals surface area contributed by atoms with Crippen LogP contribution >= 0.6 is 0 Å². The molecule has 0 radical (unpaired) electrons. The van der Waals surface area contributed by atoms with Crippen LogP contribution in [0.1, 0.15) is 44.1 Å². The van der Waals surface area contributed by atoms with Crippen LogP contribution in [-0.2, 0) is 6.42 Å². The number of benzene rings is 1. The fraction of sp³-hybridized carbons (Fsp3) is 0.588. The summed E-state index contributed by atoms with van der Waals surface area (Å²) < 4.78 is 0. The summed E-state index contributed by atoms with van der Waals surface area (Å²) in [6.45, 7) is 1.09. The van der Waals surface area contributed by atoms with E-state index in [9.17, 15) is 4.79 Å². The molecule has 1 aliphatic carbocycles. The molecule has 0 bridgehead atoms. The highest BCUT2D eigenvalue weighted by Crippen LogP contribution is 2.28. The zero-order valence-electron chi connectivity index (χ0n) is 12.8. The highest BCUT2D eigenvalue weighted by Gasteiger charge is 2.17. The summed E-state index contributed by atoms with van der Waals surface area (Å²) in [4.78, 5) is 14.4. The molecule has 1 fully saturated rings. The Labute approximate surface area is 126 Å². The van der Waals surface area contributed by atoms with Crippen molar-refractivity contribution in [3.63, 3.8) is 0 Å². The lowest BCUT2D eigenvalue weighted by molar-refractivity contribution is 0.244. The van der Waals surface area contributed by atoms with Gasteiger partial charge in [0.2, 0.25) is 0 Å². The van der Waals surface area contributed by atoms with Crippen LogP contribution in [0, 0.1) is 0 Å². The van der Waals surface area contributed by atoms with E-state index in [-0.39, 0.29) is 6.03 Å². The van der Waals surface area contributed by atoms with Crippen LogP contribution in [-0.4, -0.2) is 25.7 Å². The van der Waals surface area contributed by atoms with Crippen LogP contribution in [0.4, 0.5) is 16.2 Å². The Bertz CT molecular complexity index is 509. The van der Waals surface area contributed by atoms with Crippen molar-refractivity contribution in [1.82, 2.24) is 5.32 Å². The molecule has 2 aliphatic rings. The summed E-state index contributed by atoms with van der Waals surface area (Å²) in [6.07, 6.45) is 8.33. The number of hydrogen-bond donors (Lipinski definition) is 2. The van der Waals surface area contributed by atoms with Gasteiger partial charge in [-0.05, 0) is 43.4 Å². The van der Waals surface area contributed by atoms with Crippen molar-refractivity contribution in [2.45, 2.75) is 51.0 Å². The summed E-state index contributed by atoms with van der Waals surface area (Å²) in [5.41, 5.74) is 3.51. The SMILES string of the molecule is CN1CCCc2ccc(NC(=O)NC3CCCCC3)cc21. The second kappa shape index (κ2) is 6.37. The van der Waals surface area contributed by atoms with Gasteiger partial charge in [-0.25, -0.2) is 4.79 Å². The van der Waals surface area contributed by atoms with Crippen molar-refractivity contribution >= 4 is 17.4 Å². The molecule has 2 N–H and O–H groups in total. The van der Waals surface area contributed by atoms with Crippen LogP contribution in [0.15, 0.2) is 18.2 Å². The zero-order chi connectivity index (χ0) is 14.7. The molecule has 1 aromatic carbocycles. The van der Waals surface area contributed by atoms with E-state index in [0.717, 1.165) is 31.5 Å². The number of carbonyl (C=O) groups excluding carboxylic acids is 1. The molecule has 21 heavy (non-hydrogen) atoms. The van der Waals surface area contributed by atoms with Crippen LogP contribution in [0.5, 0.6) is 0 Å². The maximum absolute atomic E-state index is 12.1. The smallest absolute Gasteiger partial charge is 0.319 e. The standard InChI is InChI=1S/C17H25N3O/c1-20-11-5-6-13-9-10-15(12-16(13)20)19-17(21)18-14-7-3-2-4-8-14/h9-10,12,14H,2-8,11H2,1H3,(H2,18,19,21). The number of aryl methyl sites for hydroxylation is 1. The van der Waals surface area contributed by atoms with Gasteiger partial charge < -0.3 is 15.5 Å². The summed E-state index contributed by atoms with van der Waals surface area (Å²) in [7, 11) is 2.11. The van der Waals surface area contributed by atoms with Crippen molar-refractivity contribution in [2.75, 3.05) is 23.8 Å². The second-order valence-electron chi connectivity index (χ2n) is 6.30. The van der Waals surface area contributed by atoms with E-state index in [1.807, 2.05) is 6.07 Å². The van der Waals surface area contributed by atoms with Gasteiger partial charge in [-0.1, -0.05) is 25.3 Å². The maximum Gasteiger partial charge on any atom is 0.319 e. The highest BCUT2D eigenvalue weighted by atomic mass is 16.2. The van der Waals surface area contributed by atoms with Crippen molar-refractivity contribution in [1.29, 1.82) is 0 Å². The largest absolute Gasteiger partial charge is 0.374 e. The number of nitrogens with zero attached hydrogens (tertiary/aromatic N) is 1. The zero-order valence-corrected chi connectivity index (χ0v) is 12.8. The molecule has 0 unspecified atom stereocenters. The highest BCUT2D eigenvalue weighted by molar-refractivity contribution is 5.90. The Morgan fingerprint density at radius 1 is 1.19 bits per heavy atom. The fourth-order valence-electron chi connectivity index (χ4n) is 3.43. The first kappa shape index (κ1) is 14.2. The molecule has 1 aromatic rings. The summed E-state index contributed by atoms with van der Waals surface area (Å²) in [5.74, 6) is 0. The third-order valence-corrected chi connectivity index (χ3v) is 4.63. The molecule has 3 rings (SSSR count). The molecule has 0 spiro atoms. The second-order valence-corrected chi connectivity index (χ2v) is 6.30. The van der Waals surface area contributed by atoms with E-state index in [0.29, 0.717) is 6.04 Å². The topological polar surface area (TPSA) is 44.4 Å². The lowest BCUT2D eigenvalue weighted by atomic mass is 9.96. The molecular formula is C17H25N3O. The molecule has 1 heterocycles. The Morgan fingerprint density at radius 2 is 2.00 bits per heavy atom. The molecule has 114 valence electrons. The molecule has 4 nitrogen and oxygen atoms in total. The molecule has 4 heteroatoms. The molecule has 0 aromatic heterocycles. The number of amides is 2. The first-order valence-electron chi connectivity index (χ1n) is 8.14. The van der Waals surface area contributed by atoms with Crippen molar-refractivity contribution in [3.05, 3.63) is 23.8 Å². The normalized spacial score (nSPS) is 19.0. The van der Waals surface area contributed by atoms with Crippen LogP contribution in [0.25, 0.3) is 0 Å². The van der Waals surface area contributed by atoms with E-state index in [1.54, 1.807) is 0 Å². The van der Waals surface area contributed by atoms with Crippen molar-refractivity contribution in [3.8, 4) is 0 Å². The number of fused-ring (bicyclic) bond motifs is 1. The Balaban J connectivity index is 1.61. The predicted octanol–water partition coefficient (Wildman–Crippen LogP) is 3.52. The Morgan fingerprint density at radius 3 is 2.81 bits per heavy atom. The van der Waals surface area contributed by atoms with Crippen LogP contribution in [0.3, 0.4) is 0 Å². The summed E-state index contributed by atoms with van der Waals surface area (Å²) in [5, 5.41) is 6.08. The number of hydrogen-bond acceptors (Lipinski definition) is 2. The summed E-state index contributed by atoms with van der Waals surface area (Å²) in [6, 6.07) is 6.52. The number of rotatable bonds is 2. The quantitative estimate of drug-likeness (QED) is 0.874. The van der Waals surface area contributed by atoms with E-state index < -0.39 is 0 Å². The number of urea groups is 1. The van der Waals surface area contributed by atoms with Gasteiger partial charge in [-0.15, -0.1) is 0 Å². The average molecular weight is 287 g/mol. The molecular weight excluding hydrogens is 262 g/mol. The van der Waals surface area contributed by atoms with Gasteiger partial charge in [0.05, 0.1) is 0 Å². The van der Waals surface area contributed by atoms with Gasteiger partial charge in [0.25, 0.3) is 0 Å². The van der Waals surface area contributed by atoms with Gasteiger partial charge in [-0.2, -0.15) is 0 Å². The minimum atomic E-state index is -0.0692. The minimum Gasteiger partial charge on any atom is -0.374 e. The molecule has 0 saturated heterocycles. The molecule has 0 atom stereocenters. The Kier molecular flexibility index (Phi) is 4.32. The van der Waals surface area contributed by atoms with E-state index in [2.05, 4.69) is 34.7 Å². The van der Waals surface area contributed by atoms with Crippen molar-refractivity contribution < 1.29 is 4.79 Å². The lowest BCUT2D eigenvalue weighted by Gasteiger charge is -2.28. The monoisotopic (exact) mass is 287 g/mol. The van der Waals surface area contributed by atoms with Crippen molar-refractivity contribution in [2.24, 2.45) is 0 Å². The van der Waals surface area contributed by atoms with E-state index >= 15 is 0 Å². The van der Waals surface area contributed by atoms with Gasteiger partial charge in [0.15, 0.2) is 0 Å². The van der Waals surface area contributed by atoms with Gasteiger partial charge >= 0.3 is 6.03 Å². The molecule has 1 aliphatic heterocycles. The molecule has 1 saturated carbocycles. The third-order valence-electron chi connectivity index (χ3n) is 4.63. The third kappa shape index (κ3) is 3.49. The van der Waals surface area contributed by atoms with Gasteiger partial charge in [-0.3, -0.25) is 0 Å².